The van der Waals surface area contributed by atoms with Gasteiger partial charge < -0.3 is 0 Å². The zero-order valence-corrected chi connectivity index (χ0v) is 15.8. The van der Waals surface area contributed by atoms with Crippen molar-refractivity contribution >= 4 is 0 Å². The van der Waals surface area contributed by atoms with Crippen LogP contribution in [0.4, 0.5) is 8.78 Å². The molecule has 1 nitrogen and oxygen atoms in total. The smallest absolute Gasteiger partial charge is 0.142 e. The predicted molar refractivity (Wildman–Crippen MR) is 108 cm³/mol. The van der Waals surface area contributed by atoms with Gasteiger partial charge in [-0.3, -0.25) is 0 Å². The fourth-order valence-corrected chi connectivity index (χ4v) is 3.85. The van der Waals surface area contributed by atoms with Crippen molar-refractivity contribution in [1.82, 2.24) is 0 Å². The third kappa shape index (κ3) is 4.87. The van der Waals surface area contributed by atoms with Gasteiger partial charge in [-0.25, -0.2) is 8.78 Å². The highest BCUT2D eigenvalue weighted by molar-refractivity contribution is 5.46. The first kappa shape index (κ1) is 19.8. The van der Waals surface area contributed by atoms with Crippen molar-refractivity contribution in [2.45, 2.75) is 44.4 Å². The van der Waals surface area contributed by atoms with Gasteiger partial charge in [0.1, 0.15) is 11.6 Å². The molecule has 0 aromatic heterocycles. The van der Waals surface area contributed by atoms with Crippen LogP contribution in [-0.2, 0) is 0 Å². The van der Waals surface area contributed by atoms with Gasteiger partial charge in [0, 0.05) is 5.56 Å². The van der Waals surface area contributed by atoms with Gasteiger partial charge in [0.2, 0.25) is 0 Å². The first-order chi connectivity index (χ1) is 13.6. The largest absolute Gasteiger partial charge is 0.206 e. The maximum Gasteiger partial charge on any atom is 0.142 e. The molecule has 0 radical (unpaired) electrons. The maximum atomic E-state index is 14.5. The molecule has 0 bridgehead atoms. The van der Waals surface area contributed by atoms with E-state index >= 15 is 0 Å². The van der Waals surface area contributed by atoms with Crippen molar-refractivity contribution in [1.29, 1.82) is 5.26 Å². The lowest BCUT2D eigenvalue weighted by Gasteiger charge is -2.28. The zero-order chi connectivity index (χ0) is 19.9. The van der Waals surface area contributed by atoms with Gasteiger partial charge >= 0.3 is 0 Å². The SMILES string of the molecule is C=CCC[C@H]1CC[C@H](c2cc(F)c(C#Cc3ccc(C#N)cc3)c(F)c2)CC1. The number of nitriles is 1. The monoisotopic (exact) mass is 375 g/mol. The van der Waals surface area contributed by atoms with Crippen molar-refractivity contribution in [3.05, 3.63) is 82.9 Å². The minimum absolute atomic E-state index is 0.201. The summed E-state index contributed by atoms with van der Waals surface area (Å²) in [6.45, 7) is 3.77. The number of rotatable bonds is 4. The lowest BCUT2D eigenvalue weighted by Crippen LogP contribution is -2.14. The van der Waals surface area contributed by atoms with Crippen LogP contribution in [0.3, 0.4) is 0 Å². The minimum Gasteiger partial charge on any atom is -0.206 e. The Hall–Kier alpha value is -2.91. The van der Waals surface area contributed by atoms with Crippen molar-refractivity contribution in [3.63, 3.8) is 0 Å². The summed E-state index contributed by atoms with van der Waals surface area (Å²) in [5.41, 5.74) is 1.67. The van der Waals surface area contributed by atoms with Crippen molar-refractivity contribution in [3.8, 4) is 17.9 Å². The number of nitrogens with zero attached hydrogens (tertiary/aromatic N) is 1. The minimum atomic E-state index is -0.607. The zero-order valence-electron chi connectivity index (χ0n) is 15.8. The Balaban J connectivity index is 1.72. The van der Waals surface area contributed by atoms with E-state index in [2.05, 4.69) is 18.4 Å². The molecule has 0 aliphatic heterocycles. The Labute approximate surface area is 165 Å². The van der Waals surface area contributed by atoms with Crippen LogP contribution in [0.1, 0.15) is 66.7 Å². The lowest BCUT2D eigenvalue weighted by molar-refractivity contribution is 0.311. The van der Waals surface area contributed by atoms with Crippen LogP contribution < -0.4 is 0 Å². The standard InChI is InChI=1S/C25H23F2N/c1-2-3-4-18-9-12-21(13-10-18)22-15-24(26)23(25(27)16-22)14-11-19-5-7-20(17-28)8-6-19/h2,5-8,15-16,18,21H,1,3-4,9-10,12-13H2/t18-,21-. The normalized spacial score (nSPS) is 18.6. The van der Waals surface area contributed by atoms with E-state index in [1.807, 2.05) is 12.1 Å². The molecule has 2 aromatic rings. The molecule has 3 heteroatoms. The molecule has 0 heterocycles. The van der Waals surface area contributed by atoms with Crippen molar-refractivity contribution in [2.24, 2.45) is 5.92 Å². The van der Waals surface area contributed by atoms with Crippen LogP contribution >= 0.6 is 0 Å². The highest BCUT2D eigenvalue weighted by Crippen LogP contribution is 2.38. The second kappa shape index (κ2) is 9.34. The molecule has 0 N–H and O–H groups in total. The van der Waals surface area contributed by atoms with Crippen LogP contribution in [0.15, 0.2) is 49.1 Å². The van der Waals surface area contributed by atoms with E-state index in [1.165, 1.54) is 12.1 Å². The van der Waals surface area contributed by atoms with Crippen LogP contribution in [-0.4, -0.2) is 0 Å². The van der Waals surface area contributed by atoms with Gasteiger partial charge in [-0.15, -0.1) is 6.58 Å². The Morgan fingerprint density at radius 3 is 2.14 bits per heavy atom. The summed E-state index contributed by atoms with van der Waals surface area (Å²) >= 11 is 0. The van der Waals surface area contributed by atoms with E-state index in [1.54, 1.807) is 24.3 Å². The number of allylic oxidation sites excluding steroid dienone is 1. The van der Waals surface area contributed by atoms with Crippen LogP contribution in [0.2, 0.25) is 0 Å². The van der Waals surface area contributed by atoms with Crippen LogP contribution in [0.25, 0.3) is 0 Å². The molecule has 0 saturated heterocycles. The fraction of sp³-hybridized carbons (Fsp3) is 0.320. The lowest BCUT2D eigenvalue weighted by atomic mass is 9.77. The Kier molecular flexibility index (Phi) is 6.62. The maximum absolute atomic E-state index is 14.5. The number of benzene rings is 2. The van der Waals surface area contributed by atoms with Gasteiger partial charge in [-0.2, -0.15) is 5.26 Å². The molecule has 1 fully saturated rings. The molecule has 2 aromatic carbocycles. The molecule has 0 unspecified atom stereocenters. The summed E-state index contributed by atoms with van der Waals surface area (Å²) in [5, 5.41) is 8.81. The Morgan fingerprint density at radius 2 is 1.57 bits per heavy atom. The third-order valence-electron chi connectivity index (χ3n) is 5.51. The average Bonchev–Trinajstić information content (AvgIpc) is 2.72. The summed E-state index contributed by atoms with van der Waals surface area (Å²) in [5.74, 6) is 5.07. The van der Waals surface area contributed by atoms with Crippen molar-refractivity contribution < 1.29 is 8.78 Å². The molecule has 28 heavy (non-hydrogen) atoms. The number of hydrogen-bond acceptors (Lipinski definition) is 1. The molecule has 0 atom stereocenters. The summed E-state index contributed by atoms with van der Waals surface area (Å²) < 4.78 is 29.1. The highest BCUT2D eigenvalue weighted by Gasteiger charge is 2.23. The topological polar surface area (TPSA) is 23.8 Å². The van der Waals surface area contributed by atoms with Gasteiger partial charge in [0.15, 0.2) is 0 Å². The van der Waals surface area contributed by atoms with Gasteiger partial charge in [0.05, 0.1) is 17.2 Å². The van der Waals surface area contributed by atoms with Gasteiger partial charge in [-0.1, -0.05) is 17.9 Å². The number of halogens is 2. The number of hydrogen-bond donors (Lipinski definition) is 0. The van der Waals surface area contributed by atoms with Gasteiger partial charge in [0.25, 0.3) is 0 Å². The van der Waals surface area contributed by atoms with E-state index in [0.29, 0.717) is 17.0 Å². The van der Waals surface area contributed by atoms with E-state index in [0.717, 1.165) is 44.1 Å². The second-order valence-electron chi connectivity index (χ2n) is 7.38. The summed E-state index contributed by atoms with van der Waals surface area (Å²) in [6.07, 6.45) is 8.28. The van der Waals surface area contributed by atoms with Crippen LogP contribution in [0.5, 0.6) is 0 Å². The molecular weight excluding hydrogens is 352 g/mol. The molecule has 0 amide bonds. The Morgan fingerprint density at radius 1 is 0.964 bits per heavy atom. The fourth-order valence-electron chi connectivity index (χ4n) is 3.85. The first-order valence-electron chi connectivity index (χ1n) is 9.72. The Bertz CT molecular complexity index is 910. The van der Waals surface area contributed by atoms with Crippen LogP contribution in [0, 0.1) is 40.7 Å². The predicted octanol–water partition coefficient (Wildman–Crippen LogP) is 6.48. The summed E-state index contributed by atoms with van der Waals surface area (Å²) in [4.78, 5) is 0. The molecule has 1 aliphatic carbocycles. The van der Waals surface area contributed by atoms with E-state index in [-0.39, 0.29) is 11.5 Å². The molecule has 142 valence electrons. The molecule has 1 saturated carbocycles. The van der Waals surface area contributed by atoms with Crippen molar-refractivity contribution in [2.75, 3.05) is 0 Å². The summed E-state index contributed by atoms with van der Waals surface area (Å²) in [6, 6.07) is 11.5. The molecular formula is C25H23F2N. The quantitative estimate of drug-likeness (QED) is 0.443. The first-order valence-corrected chi connectivity index (χ1v) is 9.72. The molecule has 0 spiro atoms. The molecule has 3 rings (SSSR count). The molecule has 1 aliphatic rings. The van der Waals surface area contributed by atoms with E-state index < -0.39 is 11.6 Å². The van der Waals surface area contributed by atoms with E-state index in [9.17, 15) is 8.78 Å². The van der Waals surface area contributed by atoms with E-state index in [4.69, 9.17) is 5.26 Å². The van der Waals surface area contributed by atoms with Gasteiger partial charge in [-0.05, 0) is 92.3 Å². The second-order valence-corrected chi connectivity index (χ2v) is 7.38. The average molecular weight is 375 g/mol. The highest BCUT2D eigenvalue weighted by atomic mass is 19.1. The summed E-state index contributed by atoms with van der Waals surface area (Å²) in [7, 11) is 0. The third-order valence-corrected chi connectivity index (χ3v) is 5.51.